The van der Waals surface area contributed by atoms with E-state index in [1.807, 2.05) is 0 Å². The van der Waals surface area contributed by atoms with Crippen LogP contribution in [-0.4, -0.2) is 10.6 Å². The minimum absolute atomic E-state index is 0.00153. The zero-order valence-electron chi connectivity index (χ0n) is 8.46. The van der Waals surface area contributed by atoms with Gasteiger partial charge in [0.25, 0.3) is 0 Å². The molecule has 2 aliphatic carbocycles. The molecule has 0 bridgehead atoms. The molecule has 15 heavy (non-hydrogen) atoms. The Bertz CT molecular complexity index is 422. The summed E-state index contributed by atoms with van der Waals surface area (Å²) in [5, 5.41) is 9.14. The maximum absolute atomic E-state index is 13.3. The van der Waals surface area contributed by atoms with Crippen molar-refractivity contribution in [2.45, 2.75) is 36.6 Å². The second-order valence-electron chi connectivity index (χ2n) is 4.90. The monoisotopic (exact) mass is 207 g/mol. The Kier molecular flexibility index (Phi) is 1.54. The molecule has 0 aromatic heterocycles. The molecule has 0 aliphatic heterocycles. The Morgan fingerprint density at radius 2 is 1.87 bits per heavy atom. The van der Waals surface area contributed by atoms with Gasteiger partial charge in [-0.25, -0.2) is 4.39 Å². The van der Waals surface area contributed by atoms with Crippen LogP contribution in [0.5, 0.6) is 5.75 Å². The molecule has 2 fully saturated rings. The van der Waals surface area contributed by atoms with Gasteiger partial charge in [-0.1, -0.05) is 6.07 Å². The van der Waals surface area contributed by atoms with Crippen LogP contribution in [0.3, 0.4) is 0 Å². The Hall–Kier alpha value is -1.09. The normalized spacial score (nSPS) is 24.9. The zero-order valence-corrected chi connectivity index (χ0v) is 8.46. The van der Waals surface area contributed by atoms with E-state index in [9.17, 15) is 4.39 Å². The Morgan fingerprint density at radius 3 is 2.33 bits per heavy atom. The predicted octanol–water partition coefficient (Wildman–Crippen LogP) is 2.05. The Morgan fingerprint density at radius 1 is 1.20 bits per heavy atom. The fourth-order valence-corrected chi connectivity index (χ4v) is 2.62. The quantitative estimate of drug-likeness (QED) is 0.779. The molecule has 0 radical (unpaired) electrons. The third kappa shape index (κ3) is 1.13. The van der Waals surface area contributed by atoms with Gasteiger partial charge in [0.2, 0.25) is 0 Å². The highest BCUT2D eigenvalue weighted by molar-refractivity contribution is 5.43. The molecular weight excluding hydrogens is 193 g/mol. The summed E-state index contributed by atoms with van der Waals surface area (Å²) in [5.74, 6) is -0.820. The second kappa shape index (κ2) is 2.53. The van der Waals surface area contributed by atoms with E-state index in [-0.39, 0.29) is 16.7 Å². The van der Waals surface area contributed by atoms with Gasteiger partial charge in [0.1, 0.15) is 0 Å². The van der Waals surface area contributed by atoms with Crippen molar-refractivity contribution in [3.05, 3.63) is 29.6 Å². The van der Waals surface area contributed by atoms with Gasteiger partial charge >= 0.3 is 0 Å². The molecule has 0 saturated heterocycles. The molecule has 0 heterocycles. The fraction of sp³-hybridized carbons (Fsp3) is 0.500. The summed E-state index contributed by atoms with van der Waals surface area (Å²) in [5.41, 5.74) is 7.08. The molecule has 0 atom stereocenters. The smallest absolute Gasteiger partial charge is 0.165 e. The third-order valence-electron chi connectivity index (χ3n) is 3.99. The van der Waals surface area contributed by atoms with Gasteiger partial charge in [-0.3, -0.25) is 0 Å². The number of rotatable bonds is 2. The fourth-order valence-electron chi connectivity index (χ4n) is 2.62. The SMILES string of the molecule is NC1(C2(c3ccc(O)c(F)c3)CC2)CC1. The van der Waals surface area contributed by atoms with E-state index < -0.39 is 5.82 Å². The average molecular weight is 207 g/mol. The van der Waals surface area contributed by atoms with Crippen LogP contribution in [0.4, 0.5) is 4.39 Å². The lowest BCUT2D eigenvalue weighted by Crippen LogP contribution is -2.37. The number of phenolic OH excluding ortho intramolecular Hbond substituents is 1. The summed E-state index contributed by atoms with van der Waals surface area (Å²) < 4.78 is 13.3. The van der Waals surface area contributed by atoms with Crippen molar-refractivity contribution in [3.8, 4) is 5.75 Å². The molecule has 80 valence electrons. The minimum atomic E-state index is -0.539. The van der Waals surface area contributed by atoms with Crippen molar-refractivity contribution >= 4 is 0 Å². The van der Waals surface area contributed by atoms with Gasteiger partial charge in [-0.2, -0.15) is 0 Å². The van der Waals surface area contributed by atoms with Crippen LogP contribution in [0.15, 0.2) is 18.2 Å². The Labute approximate surface area is 87.9 Å². The van der Waals surface area contributed by atoms with Crippen molar-refractivity contribution in [3.63, 3.8) is 0 Å². The number of benzene rings is 1. The van der Waals surface area contributed by atoms with Crippen molar-refractivity contribution in [1.29, 1.82) is 0 Å². The molecule has 3 heteroatoms. The average Bonchev–Trinajstić information content (AvgIpc) is 3.05. The van der Waals surface area contributed by atoms with Gasteiger partial charge in [0, 0.05) is 11.0 Å². The highest BCUT2D eigenvalue weighted by Gasteiger charge is 2.64. The first kappa shape index (κ1) is 9.16. The lowest BCUT2D eigenvalue weighted by molar-refractivity contribution is 0.428. The van der Waals surface area contributed by atoms with Crippen LogP contribution in [0.2, 0.25) is 0 Å². The van der Waals surface area contributed by atoms with Crippen LogP contribution >= 0.6 is 0 Å². The van der Waals surface area contributed by atoms with Crippen LogP contribution in [0, 0.1) is 5.82 Å². The summed E-state index contributed by atoms with van der Waals surface area (Å²) in [7, 11) is 0. The molecule has 3 rings (SSSR count). The molecule has 0 amide bonds. The lowest BCUT2D eigenvalue weighted by Gasteiger charge is -2.23. The van der Waals surface area contributed by atoms with E-state index in [1.165, 1.54) is 12.1 Å². The molecule has 2 saturated carbocycles. The molecule has 0 unspecified atom stereocenters. The maximum Gasteiger partial charge on any atom is 0.165 e. The second-order valence-corrected chi connectivity index (χ2v) is 4.90. The first-order valence-corrected chi connectivity index (χ1v) is 5.35. The highest BCUT2D eigenvalue weighted by atomic mass is 19.1. The number of halogens is 1. The number of phenols is 1. The standard InChI is InChI=1S/C12H14FNO/c13-9-7-8(1-2-10(9)15)11(3-4-11)12(14)5-6-12/h1-2,7,15H,3-6,14H2. The van der Waals surface area contributed by atoms with Crippen molar-refractivity contribution < 1.29 is 9.50 Å². The summed E-state index contributed by atoms with van der Waals surface area (Å²) in [6.45, 7) is 0. The molecule has 3 N–H and O–H groups in total. The molecule has 0 spiro atoms. The van der Waals surface area contributed by atoms with Crippen molar-refractivity contribution in [1.82, 2.24) is 0 Å². The molecular formula is C12H14FNO. The molecule has 2 nitrogen and oxygen atoms in total. The van der Waals surface area contributed by atoms with E-state index in [0.29, 0.717) is 0 Å². The molecule has 2 aliphatic rings. The van der Waals surface area contributed by atoms with E-state index in [0.717, 1.165) is 31.2 Å². The first-order valence-electron chi connectivity index (χ1n) is 5.35. The van der Waals surface area contributed by atoms with Crippen LogP contribution in [0.25, 0.3) is 0 Å². The van der Waals surface area contributed by atoms with Gasteiger partial charge < -0.3 is 10.8 Å². The summed E-state index contributed by atoms with van der Waals surface area (Å²) in [6, 6.07) is 4.67. The highest BCUT2D eigenvalue weighted by Crippen LogP contribution is 2.63. The largest absolute Gasteiger partial charge is 0.505 e. The van der Waals surface area contributed by atoms with Crippen LogP contribution in [-0.2, 0) is 5.41 Å². The lowest BCUT2D eigenvalue weighted by atomic mass is 9.86. The van der Waals surface area contributed by atoms with Gasteiger partial charge in [-0.15, -0.1) is 0 Å². The van der Waals surface area contributed by atoms with E-state index >= 15 is 0 Å². The van der Waals surface area contributed by atoms with Gasteiger partial charge in [0.15, 0.2) is 11.6 Å². The van der Waals surface area contributed by atoms with Crippen LogP contribution in [0.1, 0.15) is 31.2 Å². The van der Waals surface area contributed by atoms with Gasteiger partial charge in [0.05, 0.1) is 0 Å². The topological polar surface area (TPSA) is 46.2 Å². The summed E-state index contributed by atoms with van der Waals surface area (Å²) in [4.78, 5) is 0. The van der Waals surface area contributed by atoms with Crippen LogP contribution < -0.4 is 5.73 Å². The molecule has 1 aromatic rings. The maximum atomic E-state index is 13.3. The van der Waals surface area contributed by atoms with Gasteiger partial charge in [-0.05, 0) is 43.4 Å². The number of aromatic hydroxyl groups is 1. The zero-order chi connectivity index (χ0) is 10.7. The number of hydrogen-bond acceptors (Lipinski definition) is 2. The first-order chi connectivity index (χ1) is 7.07. The Balaban J connectivity index is 2.03. The van der Waals surface area contributed by atoms with E-state index in [4.69, 9.17) is 10.8 Å². The third-order valence-corrected chi connectivity index (χ3v) is 3.99. The van der Waals surface area contributed by atoms with Crippen molar-refractivity contribution in [2.75, 3.05) is 0 Å². The summed E-state index contributed by atoms with van der Waals surface area (Å²) >= 11 is 0. The van der Waals surface area contributed by atoms with E-state index in [2.05, 4.69) is 0 Å². The molecule has 1 aromatic carbocycles. The number of hydrogen-bond donors (Lipinski definition) is 2. The van der Waals surface area contributed by atoms with Crippen molar-refractivity contribution in [2.24, 2.45) is 5.73 Å². The predicted molar refractivity (Wildman–Crippen MR) is 55.1 cm³/mol. The van der Waals surface area contributed by atoms with E-state index in [1.54, 1.807) is 6.07 Å². The summed E-state index contributed by atoms with van der Waals surface area (Å²) in [6.07, 6.45) is 4.17. The minimum Gasteiger partial charge on any atom is -0.505 e. The number of nitrogens with two attached hydrogens (primary N) is 1.